The van der Waals surface area contributed by atoms with Gasteiger partial charge in [0.05, 0.1) is 12.1 Å². The van der Waals surface area contributed by atoms with Gasteiger partial charge in [-0.3, -0.25) is 4.79 Å². The molecule has 0 unspecified atom stereocenters. The van der Waals surface area contributed by atoms with Crippen LogP contribution in [0.5, 0.6) is 5.75 Å². The number of ether oxygens (including phenoxy) is 1. The smallest absolute Gasteiger partial charge is 0.241 e. The van der Waals surface area contributed by atoms with Gasteiger partial charge in [0.15, 0.2) is 0 Å². The number of aromatic nitrogens is 3. The standard InChI is InChI=1S/C19H22N4O2/c1-14(2)15-7-9-16(10-8-15)25-12-11-20-19(24)13-23-18-6-4-3-5-17(18)21-22-23/h3-10,14H,11-13H2,1-2H3,(H,20,24). The third-order valence-corrected chi connectivity index (χ3v) is 3.95. The zero-order chi connectivity index (χ0) is 17.6. The van der Waals surface area contributed by atoms with E-state index >= 15 is 0 Å². The lowest BCUT2D eigenvalue weighted by atomic mass is 10.0. The summed E-state index contributed by atoms with van der Waals surface area (Å²) in [4.78, 5) is 12.0. The third kappa shape index (κ3) is 4.35. The first-order chi connectivity index (χ1) is 12.1. The molecule has 1 heterocycles. The molecule has 0 spiro atoms. The van der Waals surface area contributed by atoms with E-state index in [1.807, 2.05) is 36.4 Å². The van der Waals surface area contributed by atoms with Crippen molar-refractivity contribution >= 4 is 16.9 Å². The Morgan fingerprint density at radius 3 is 2.68 bits per heavy atom. The van der Waals surface area contributed by atoms with Crippen LogP contribution in [0.25, 0.3) is 11.0 Å². The van der Waals surface area contributed by atoms with Gasteiger partial charge in [-0.2, -0.15) is 0 Å². The van der Waals surface area contributed by atoms with Crippen molar-refractivity contribution in [1.29, 1.82) is 0 Å². The van der Waals surface area contributed by atoms with E-state index in [4.69, 9.17) is 4.74 Å². The van der Waals surface area contributed by atoms with Gasteiger partial charge in [-0.15, -0.1) is 5.10 Å². The van der Waals surface area contributed by atoms with E-state index in [2.05, 4.69) is 41.6 Å². The molecule has 0 saturated carbocycles. The molecule has 0 aliphatic carbocycles. The Balaban J connectivity index is 1.43. The maximum atomic E-state index is 12.0. The lowest BCUT2D eigenvalue weighted by Gasteiger charge is -2.10. The van der Waals surface area contributed by atoms with E-state index in [0.717, 1.165) is 16.8 Å². The highest BCUT2D eigenvalue weighted by atomic mass is 16.5. The van der Waals surface area contributed by atoms with Crippen molar-refractivity contribution in [1.82, 2.24) is 20.3 Å². The van der Waals surface area contributed by atoms with Gasteiger partial charge in [-0.05, 0) is 35.7 Å². The van der Waals surface area contributed by atoms with Crippen LogP contribution in [-0.2, 0) is 11.3 Å². The molecular weight excluding hydrogens is 316 g/mol. The van der Waals surface area contributed by atoms with Crippen LogP contribution in [-0.4, -0.2) is 34.1 Å². The Hall–Kier alpha value is -2.89. The summed E-state index contributed by atoms with van der Waals surface area (Å²) in [5.41, 5.74) is 2.91. The molecule has 130 valence electrons. The molecule has 0 bridgehead atoms. The molecule has 0 radical (unpaired) electrons. The summed E-state index contributed by atoms with van der Waals surface area (Å²) < 4.78 is 7.24. The molecule has 6 nitrogen and oxygen atoms in total. The fraction of sp³-hybridized carbons (Fsp3) is 0.316. The predicted molar refractivity (Wildman–Crippen MR) is 96.6 cm³/mol. The van der Waals surface area contributed by atoms with Crippen molar-refractivity contribution in [2.45, 2.75) is 26.3 Å². The summed E-state index contributed by atoms with van der Waals surface area (Å²) in [5, 5.41) is 10.9. The summed E-state index contributed by atoms with van der Waals surface area (Å²) in [5.74, 6) is 1.19. The van der Waals surface area contributed by atoms with Crippen molar-refractivity contribution in [2.75, 3.05) is 13.2 Å². The molecule has 3 rings (SSSR count). The largest absolute Gasteiger partial charge is 0.492 e. The van der Waals surface area contributed by atoms with Gasteiger partial charge in [0, 0.05) is 0 Å². The van der Waals surface area contributed by atoms with Gasteiger partial charge in [0.2, 0.25) is 5.91 Å². The van der Waals surface area contributed by atoms with Gasteiger partial charge in [-0.1, -0.05) is 43.3 Å². The number of rotatable bonds is 7. The fourth-order valence-corrected chi connectivity index (χ4v) is 2.53. The lowest BCUT2D eigenvalue weighted by Crippen LogP contribution is -2.31. The summed E-state index contributed by atoms with van der Waals surface area (Å²) >= 11 is 0. The molecule has 3 aromatic rings. The Morgan fingerprint density at radius 2 is 1.92 bits per heavy atom. The van der Waals surface area contributed by atoms with Crippen LogP contribution >= 0.6 is 0 Å². The molecule has 0 aliphatic heterocycles. The van der Waals surface area contributed by atoms with Gasteiger partial charge >= 0.3 is 0 Å². The minimum Gasteiger partial charge on any atom is -0.492 e. The zero-order valence-corrected chi connectivity index (χ0v) is 14.5. The molecule has 0 aliphatic rings. The SMILES string of the molecule is CC(C)c1ccc(OCCNC(=O)Cn2nnc3ccccc32)cc1. The highest BCUT2D eigenvalue weighted by Crippen LogP contribution is 2.18. The summed E-state index contributed by atoms with van der Waals surface area (Å²) in [6.07, 6.45) is 0. The van der Waals surface area contributed by atoms with Crippen molar-refractivity contribution < 1.29 is 9.53 Å². The average molecular weight is 338 g/mol. The Labute approximate surface area is 146 Å². The highest BCUT2D eigenvalue weighted by Gasteiger charge is 2.08. The molecule has 2 aromatic carbocycles. The molecule has 25 heavy (non-hydrogen) atoms. The number of fused-ring (bicyclic) bond motifs is 1. The maximum absolute atomic E-state index is 12.0. The minimum atomic E-state index is -0.116. The van der Waals surface area contributed by atoms with Gasteiger partial charge in [-0.25, -0.2) is 4.68 Å². The molecule has 0 fully saturated rings. The van der Waals surface area contributed by atoms with Gasteiger partial charge in [0.1, 0.15) is 24.4 Å². The molecule has 1 N–H and O–H groups in total. The number of benzene rings is 2. The van der Waals surface area contributed by atoms with E-state index in [1.165, 1.54) is 5.56 Å². The van der Waals surface area contributed by atoms with E-state index in [1.54, 1.807) is 4.68 Å². The third-order valence-electron chi connectivity index (χ3n) is 3.95. The Kier molecular flexibility index (Phi) is 5.28. The first kappa shape index (κ1) is 17.0. The van der Waals surface area contributed by atoms with Crippen molar-refractivity contribution in [2.24, 2.45) is 0 Å². The summed E-state index contributed by atoms with van der Waals surface area (Å²) in [6, 6.07) is 15.6. The first-order valence-corrected chi connectivity index (χ1v) is 8.41. The number of carbonyl (C=O) groups is 1. The second-order valence-electron chi connectivity index (χ2n) is 6.16. The van der Waals surface area contributed by atoms with Crippen LogP contribution in [0.4, 0.5) is 0 Å². The second-order valence-corrected chi connectivity index (χ2v) is 6.16. The first-order valence-electron chi connectivity index (χ1n) is 8.41. The number of carbonyl (C=O) groups excluding carboxylic acids is 1. The molecular formula is C19H22N4O2. The minimum absolute atomic E-state index is 0.116. The number of hydrogen-bond donors (Lipinski definition) is 1. The zero-order valence-electron chi connectivity index (χ0n) is 14.5. The molecule has 6 heteroatoms. The molecule has 1 amide bonds. The average Bonchev–Trinajstić information content (AvgIpc) is 3.02. The van der Waals surface area contributed by atoms with Crippen LogP contribution in [0.15, 0.2) is 48.5 Å². The highest BCUT2D eigenvalue weighted by molar-refractivity contribution is 5.79. The number of para-hydroxylation sites is 1. The van der Waals surface area contributed by atoms with E-state index in [9.17, 15) is 4.79 Å². The van der Waals surface area contributed by atoms with Crippen LogP contribution < -0.4 is 10.1 Å². The number of amides is 1. The second kappa shape index (κ2) is 7.79. The van der Waals surface area contributed by atoms with Crippen LogP contribution in [0.2, 0.25) is 0 Å². The Morgan fingerprint density at radius 1 is 1.16 bits per heavy atom. The monoisotopic (exact) mass is 338 g/mol. The summed E-state index contributed by atoms with van der Waals surface area (Å²) in [6.45, 7) is 5.32. The van der Waals surface area contributed by atoms with E-state index in [-0.39, 0.29) is 12.5 Å². The number of hydrogen-bond acceptors (Lipinski definition) is 4. The topological polar surface area (TPSA) is 69.0 Å². The number of nitrogens with zero attached hydrogens (tertiary/aromatic N) is 3. The lowest BCUT2D eigenvalue weighted by molar-refractivity contribution is -0.121. The van der Waals surface area contributed by atoms with Crippen molar-refractivity contribution in [3.63, 3.8) is 0 Å². The Bertz CT molecular complexity index is 840. The van der Waals surface area contributed by atoms with Crippen molar-refractivity contribution in [3.8, 4) is 5.75 Å². The quantitative estimate of drug-likeness (QED) is 0.673. The predicted octanol–water partition coefficient (Wildman–Crippen LogP) is 2.75. The van der Waals surface area contributed by atoms with Gasteiger partial charge < -0.3 is 10.1 Å². The molecule has 1 aromatic heterocycles. The van der Waals surface area contributed by atoms with Gasteiger partial charge in [0.25, 0.3) is 0 Å². The summed E-state index contributed by atoms with van der Waals surface area (Å²) in [7, 11) is 0. The van der Waals surface area contributed by atoms with Crippen molar-refractivity contribution in [3.05, 3.63) is 54.1 Å². The fourth-order valence-electron chi connectivity index (χ4n) is 2.53. The molecule has 0 saturated heterocycles. The normalized spacial score (nSPS) is 11.0. The van der Waals surface area contributed by atoms with E-state index in [0.29, 0.717) is 19.1 Å². The number of nitrogens with one attached hydrogen (secondary N) is 1. The van der Waals surface area contributed by atoms with Crippen LogP contribution in [0.1, 0.15) is 25.3 Å². The van der Waals surface area contributed by atoms with Crippen LogP contribution in [0, 0.1) is 0 Å². The maximum Gasteiger partial charge on any atom is 0.241 e. The van der Waals surface area contributed by atoms with E-state index < -0.39 is 0 Å². The van der Waals surface area contributed by atoms with Crippen LogP contribution in [0.3, 0.4) is 0 Å². The molecule has 0 atom stereocenters.